The molecule has 0 atom stereocenters. The highest BCUT2D eigenvalue weighted by molar-refractivity contribution is 9.10. The van der Waals surface area contributed by atoms with Crippen molar-refractivity contribution in [2.24, 2.45) is 0 Å². The zero-order valence-corrected chi connectivity index (χ0v) is 23.6. The average Bonchev–Trinajstić information content (AvgIpc) is 3.22. The summed E-state index contributed by atoms with van der Waals surface area (Å²) in [7, 11) is -3.85. The highest BCUT2D eigenvalue weighted by Gasteiger charge is 2.27. The molecular formula is C28H28BrN3O4S. The Kier molecular flexibility index (Phi) is 6.40. The number of halogens is 1. The monoisotopic (exact) mass is 581 g/mol. The molecule has 0 radical (unpaired) electrons. The van der Waals surface area contributed by atoms with Gasteiger partial charge in [0, 0.05) is 40.9 Å². The first-order chi connectivity index (χ1) is 17.4. The number of aryl methyl sites for hydroxylation is 1. The Balaban J connectivity index is 1.54. The van der Waals surface area contributed by atoms with Gasteiger partial charge in [0.05, 0.1) is 4.90 Å². The van der Waals surface area contributed by atoms with Gasteiger partial charge in [-0.1, -0.05) is 35.9 Å². The van der Waals surface area contributed by atoms with Crippen molar-refractivity contribution in [1.29, 1.82) is 0 Å². The van der Waals surface area contributed by atoms with E-state index in [2.05, 4.69) is 27.0 Å². The summed E-state index contributed by atoms with van der Waals surface area (Å²) in [6.07, 6.45) is 3.62. The lowest BCUT2D eigenvalue weighted by atomic mass is 9.95. The molecule has 2 aromatic heterocycles. The molecule has 0 saturated heterocycles. The van der Waals surface area contributed by atoms with E-state index in [-0.39, 0.29) is 11.0 Å². The Bertz CT molecular complexity index is 1620. The van der Waals surface area contributed by atoms with Crippen LogP contribution in [0, 0.1) is 6.92 Å². The number of carbonyl (C=O) groups excluding carboxylic acids is 1. The zero-order valence-electron chi connectivity index (χ0n) is 21.2. The van der Waals surface area contributed by atoms with E-state index in [9.17, 15) is 13.2 Å². The fourth-order valence-corrected chi connectivity index (χ4v) is 6.15. The fraction of sp³-hybridized carbons (Fsp3) is 0.286. The quantitative estimate of drug-likeness (QED) is 0.283. The molecular weight excluding hydrogens is 554 g/mol. The number of aromatic nitrogens is 2. The molecule has 9 heteroatoms. The van der Waals surface area contributed by atoms with Crippen LogP contribution in [0.5, 0.6) is 0 Å². The first kappa shape index (κ1) is 25.5. The summed E-state index contributed by atoms with van der Waals surface area (Å²) in [6, 6.07) is 14.7. The van der Waals surface area contributed by atoms with Crippen molar-refractivity contribution in [3.05, 3.63) is 82.1 Å². The van der Waals surface area contributed by atoms with Crippen LogP contribution in [0.2, 0.25) is 0 Å². The SMILES string of the molecule is Cc1ccc(S(=O)(=O)n2cc(-c3ccc4c(c3)CCN(C(=O)OC(C)(C)C)C4)c3cc(Br)cnc32)cc1. The van der Waals surface area contributed by atoms with Crippen LogP contribution in [-0.2, 0) is 27.7 Å². The lowest BCUT2D eigenvalue weighted by molar-refractivity contribution is 0.0224. The van der Waals surface area contributed by atoms with Crippen molar-refractivity contribution in [3.63, 3.8) is 0 Å². The van der Waals surface area contributed by atoms with Crippen molar-refractivity contribution in [2.45, 2.75) is 51.2 Å². The lowest BCUT2D eigenvalue weighted by Gasteiger charge is -2.31. The van der Waals surface area contributed by atoms with Crippen LogP contribution in [0.1, 0.15) is 37.5 Å². The van der Waals surface area contributed by atoms with Gasteiger partial charge in [0.15, 0.2) is 5.65 Å². The Morgan fingerprint density at radius 2 is 1.78 bits per heavy atom. The van der Waals surface area contributed by atoms with Gasteiger partial charge in [0.25, 0.3) is 10.0 Å². The fourth-order valence-electron chi connectivity index (χ4n) is 4.49. The van der Waals surface area contributed by atoms with Gasteiger partial charge in [0.2, 0.25) is 0 Å². The van der Waals surface area contributed by atoms with Crippen LogP contribution in [0.25, 0.3) is 22.2 Å². The molecule has 192 valence electrons. The number of nitrogens with zero attached hydrogens (tertiary/aromatic N) is 3. The van der Waals surface area contributed by atoms with Crippen molar-refractivity contribution in [3.8, 4) is 11.1 Å². The summed E-state index contributed by atoms with van der Waals surface area (Å²) >= 11 is 3.48. The minimum Gasteiger partial charge on any atom is -0.444 e. The van der Waals surface area contributed by atoms with Gasteiger partial charge in [-0.2, -0.15) is 0 Å². The highest BCUT2D eigenvalue weighted by atomic mass is 79.9. The van der Waals surface area contributed by atoms with E-state index in [4.69, 9.17) is 4.74 Å². The summed E-state index contributed by atoms with van der Waals surface area (Å²) < 4.78 is 34.7. The van der Waals surface area contributed by atoms with E-state index in [0.29, 0.717) is 25.2 Å². The van der Waals surface area contributed by atoms with Gasteiger partial charge < -0.3 is 9.64 Å². The Morgan fingerprint density at radius 3 is 2.49 bits per heavy atom. The molecule has 0 bridgehead atoms. The number of pyridine rings is 1. The number of rotatable bonds is 3. The molecule has 37 heavy (non-hydrogen) atoms. The van der Waals surface area contributed by atoms with Crippen molar-refractivity contribution < 1.29 is 17.9 Å². The number of amides is 1. The van der Waals surface area contributed by atoms with Gasteiger partial charge in [-0.05, 0) is 84.9 Å². The van der Waals surface area contributed by atoms with Crippen LogP contribution >= 0.6 is 15.9 Å². The molecule has 0 fully saturated rings. The predicted molar refractivity (Wildman–Crippen MR) is 147 cm³/mol. The second-order valence-electron chi connectivity index (χ2n) is 10.3. The maximum absolute atomic E-state index is 13.6. The largest absolute Gasteiger partial charge is 0.444 e. The molecule has 1 aliphatic rings. The van der Waals surface area contributed by atoms with Crippen molar-refractivity contribution in [1.82, 2.24) is 13.9 Å². The molecule has 1 amide bonds. The van der Waals surface area contributed by atoms with Gasteiger partial charge in [0.1, 0.15) is 5.60 Å². The molecule has 5 rings (SSSR count). The Morgan fingerprint density at radius 1 is 1.05 bits per heavy atom. The van der Waals surface area contributed by atoms with Gasteiger partial charge in [-0.3, -0.25) is 0 Å². The molecule has 3 heterocycles. The summed E-state index contributed by atoms with van der Waals surface area (Å²) in [5.74, 6) is 0. The molecule has 0 spiro atoms. The summed E-state index contributed by atoms with van der Waals surface area (Å²) in [5.41, 5.74) is 4.66. The van der Waals surface area contributed by atoms with Crippen LogP contribution in [0.3, 0.4) is 0 Å². The second-order valence-corrected chi connectivity index (χ2v) is 13.0. The van der Waals surface area contributed by atoms with E-state index in [1.165, 1.54) is 3.97 Å². The number of hydrogen-bond donors (Lipinski definition) is 0. The second kappa shape index (κ2) is 9.29. The van der Waals surface area contributed by atoms with Crippen LogP contribution in [-0.4, -0.2) is 40.5 Å². The van der Waals surface area contributed by atoms with Gasteiger partial charge >= 0.3 is 6.09 Å². The zero-order chi connectivity index (χ0) is 26.5. The van der Waals surface area contributed by atoms with E-state index >= 15 is 0 Å². The molecule has 0 saturated carbocycles. The minimum atomic E-state index is -3.85. The van der Waals surface area contributed by atoms with E-state index in [1.54, 1.807) is 41.6 Å². The number of benzene rings is 2. The van der Waals surface area contributed by atoms with Crippen molar-refractivity contribution >= 4 is 43.1 Å². The normalized spacial score (nSPS) is 14.0. The maximum Gasteiger partial charge on any atom is 0.410 e. The molecule has 1 aliphatic heterocycles. The average molecular weight is 583 g/mol. The van der Waals surface area contributed by atoms with Gasteiger partial charge in [-0.25, -0.2) is 22.2 Å². The third-order valence-electron chi connectivity index (χ3n) is 6.34. The summed E-state index contributed by atoms with van der Waals surface area (Å²) in [5, 5.41) is 0.733. The lowest BCUT2D eigenvalue weighted by Crippen LogP contribution is -2.39. The molecule has 0 aliphatic carbocycles. The molecule has 7 nitrogen and oxygen atoms in total. The maximum atomic E-state index is 13.6. The number of hydrogen-bond acceptors (Lipinski definition) is 5. The third kappa shape index (κ3) is 5.02. The highest BCUT2D eigenvalue weighted by Crippen LogP contribution is 2.35. The van der Waals surface area contributed by atoms with Crippen molar-refractivity contribution in [2.75, 3.05) is 6.54 Å². The third-order valence-corrected chi connectivity index (χ3v) is 8.44. The Labute approximate surface area is 225 Å². The van der Waals surface area contributed by atoms with E-state index in [0.717, 1.165) is 37.7 Å². The standard InChI is InChI=1S/C28H28BrN3O4S/c1-18-5-9-23(10-6-18)37(34,35)32-17-25(24-14-22(29)15-30-26(24)32)20-7-8-21-16-31(12-11-19(21)13-20)27(33)36-28(2,3)4/h5-10,13-15,17H,11-12,16H2,1-4H3. The smallest absolute Gasteiger partial charge is 0.410 e. The first-order valence-corrected chi connectivity index (χ1v) is 14.2. The summed E-state index contributed by atoms with van der Waals surface area (Å²) in [6.45, 7) is 8.53. The number of fused-ring (bicyclic) bond motifs is 2. The van der Waals surface area contributed by atoms with Crippen LogP contribution in [0.4, 0.5) is 4.79 Å². The predicted octanol–water partition coefficient (Wildman–Crippen LogP) is 6.30. The molecule has 2 aromatic carbocycles. The van der Waals surface area contributed by atoms with Crippen LogP contribution in [0.15, 0.2) is 70.3 Å². The minimum absolute atomic E-state index is 0.207. The molecule has 0 N–H and O–H groups in total. The topological polar surface area (TPSA) is 81.5 Å². The van der Waals surface area contributed by atoms with E-state index < -0.39 is 15.6 Å². The van der Waals surface area contributed by atoms with E-state index in [1.807, 2.05) is 45.9 Å². The Hall–Kier alpha value is -3.17. The molecule has 4 aromatic rings. The van der Waals surface area contributed by atoms with Crippen LogP contribution < -0.4 is 0 Å². The summed E-state index contributed by atoms with van der Waals surface area (Å²) in [4.78, 5) is 18.9. The first-order valence-electron chi connectivity index (χ1n) is 12.0. The number of ether oxygens (including phenoxy) is 1. The number of carbonyl (C=O) groups is 1. The van der Waals surface area contributed by atoms with Gasteiger partial charge in [-0.15, -0.1) is 0 Å². The molecule has 0 unspecified atom stereocenters.